The lowest BCUT2D eigenvalue weighted by Gasteiger charge is -2.35. The number of benzene rings is 1. The van der Waals surface area contributed by atoms with Crippen molar-refractivity contribution in [3.05, 3.63) is 29.6 Å². The zero-order valence-corrected chi connectivity index (χ0v) is 13.2. The van der Waals surface area contributed by atoms with Crippen LogP contribution >= 0.6 is 0 Å². The minimum Gasteiger partial charge on any atom is -0.355 e. The van der Waals surface area contributed by atoms with Gasteiger partial charge in [-0.05, 0) is 38.5 Å². The van der Waals surface area contributed by atoms with E-state index in [9.17, 15) is 14.0 Å². The highest BCUT2D eigenvalue weighted by Crippen LogP contribution is 2.20. The van der Waals surface area contributed by atoms with Crippen LogP contribution in [0.2, 0.25) is 0 Å². The molecule has 22 heavy (non-hydrogen) atoms. The van der Waals surface area contributed by atoms with Crippen molar-refractivity contribution < 1.29 is 14.0 Å². The van der Waals surface area contributed by atoms with Gasteiger partial charge in [0.05, 0.1) is 6.54 Å². The van der Waals surface area contributed by atoms with E-state index in [2.05, 4.69) is 10.6 Å². The Morgan fingerprint density at radius 1 is 1.45 bits per heavy atom. The van der Waals surface area contributed by atoms with Crippen LogP contribution in [0.5, 0.6) is 0 Å². The summed E-state index contributed by atoms with van der Waals surface area (Å²) < 4.78 is 13.5. The van der Waals surface area contributed by atoms with Crippen molar-refractivity contribution in [1.82, 2.24) is 10.2 Å². The molecule has 1 saturated heterocycles. The van der Waals surface area contributed by atoms with E-state index >= 15 is 0 Å². The number of hydrogen-bond donors (Lipinski definition) is 2. The third kappa shape index (κ3) is 4.04. The number of rotatable bonds is 3. The first kappa shape index (κ1) is 16.4. The van der Waals surface area contributed by atoms with E-state index in [1.54, 1.807) is 19.1 Å². The lowest BCUT2D eigenvalue weighted by atomic mass is 9.98. The van der Waals surface area contributed by atoms with Gasteiger partial charge in [-0.2, -0.15) is 0 Å². The Balaban J connectivity index is 2.01. The Morgan fingerprint density at radius 3 is 2.86 bits per heavy atom. The average molecular weight is 307 g/mol. The molecule has 5 nitrogen and oxygen atoms in total. The Kier molecular flexibility index (Phi) is 4.81. The normalized spacial score (nSPS) is 18.5. The molecule has 1 aliphatic heterocycles. The lowest BCUT2D eigenvalue weighted by molar-refractivity contribution is -0.123. The molecule has 6 heteroatoms. The van der Waals surface area contributed by atoms with Crippen molar-refractivity contribution in [3.63, 3.8) is 0 Å². The van der Waals surface area contributed by atoms with Crippen LogP contribution in [0, 0.1) is 12.7 Å². The van der Waals surface area contributed by atoms with Crippen LogP contribution in [0.3, 0.4) is 0 Å². The number of carbonyl (C=O) groups is 2. The standard InChI is InChI=1S/C16H22FN3O2/c1-11-4-5-12(8-13(11)17)19-15(22)10-20-7-6-18-14(21)9-16(20,2)3/h4-5,8H,6-7,9-10H2,1-3H3,(H,18,21)(H,19,22). The average Bonchev–Trinajstić information content (AvgIpc) is 2.52. The summed E-state index contributed by atoms with van der Waals surface area (Å²) in [7, 11) is 0. The highest BCUT2D eigenvalue weighted by atomic mass is 19.1. The molecule has 2 rings (SSSR count). The first-order valence-corrected chi connectivity index (χ1v) is 7.36. The first-order valence-electron chi connectivity index (χ1n) is 7.36. The fraction of sp³-hybridized carbons (Fsp3) is 0.500. The molecule has 0 saturated carbocycles. The van der Waals surface area contributed by atoms with Gasteiger partial charge in [0, 0.05) is 30.7 Å². The van der Waals surface area contributed by atoms with E-state index in [1.165, 1.54) is 6.07 Å². The van der Waals surface area contributed by atoms with E-state index in [0.29, 0.717) is 30.8 Å². The third-order valence-corrected chi connectivity index (χ3v) is 3.94. The number of aryl methyl sites for hydroxylation is 1. The van der Waals surface area contributed by atoms with Gasteiger partial charge in [-0.1, -0.05) is 6.07 Å². The molecule has 0 bridgehead atoms. The second-order valence-corrected chi connectivity index (χ2v) is 6.27. The molecule has 0 aromatic heterocycles. The van der Waals surface area contributed by atoms with Crippen LogP contribution in [0.15, 0.2) is 18.2 Å². The second-order valence-electron chi connectivity index (χ2n) is 6.27. The molecule has 0 unspecified atom stereocenters. The number of halogens is 1. The van der Waals surface area contributed by atoms with Crippen LogP contribution in [0.25, 0.3) is 0 Å². The number of nitrogens with one attached hydrogen (secondary N) is 2. The van der Waals surface area contributed by atoms with Gasteiger partial charge >= 0.3 is 0 Å². The number of nitrogens with zero attached hydrogens (tertiary/aromatic N) is 1. The highest BCUT2D eigenvalue weighted by molar-refractivity contribution is 5.92. The summed E-state index contributed by atoms with van der Waals surface area (Å²) in [4.78, 5) is 25.8. The van der Waals surface area contributed by atoms with Gasteiger partial charge in [-0.15, -0.1) is 0 Å². The van der Waals surface area contributed by atoms with Crippen molar-refractivity contribution in [2.75, 3.05) is 25.0 Å². The summed E-state index contributed by atoms with van der Waals surface area (Å²) in [5, 5.41) is 5.51. The van der Waals surface area contributed by atoms with Crippen molar-refractivity contribution in [3.8, 4) is 0 Å². The Bertz CT molecular complexity index is 587. The van der Waals surface area contributed by atoms with Gasteiger partial charge in [0.25, 0.3) is 0 Å². The Morgan fingerprint density at radius 2 is 2.18 bits per heavy atom. The molecule has 1 heterocycles. The molecule has 1 aromatic rings. The molecular formula is C16H22FN3O2. The second kappa shape index (κ2) is 6.44. The van der Waals surface area contributed by atoms with Gasteiger partial charge in [-0.25, -0.2) is 4.39 Å². The van der Waals surface area contributed by atoms with Crippen molar-refractivity contribution in [1.29, 1.82) is 0 Å². The molecule has 1 aromatic carbocycles. The number of amides is 2. The van der Waals surface area contributed by atoms with Crippen molar-refractivity contribution in [2.45, 2.75) is 32.7 Å². The Hall–Kier alpha value is -1.95. The summed E-state index contributed by atoms with van der Waals surface area (Å²) in [5.74, 6) is -0.568. The summed E-state index contributed by atoms with van der Waals surface area (Å²) >= 11 is 0. The van der Waals surface area contributed by atoms with Gasteiger partial charge in [0.2, 0.25) is 11.8 Å². The summed E-state index contributed by atoms with van der Waals surface area (Å²) in [6, 6.07) is 4.62. The number of anilines is 1. The molecule has 0 radical (unpaired) electrons. The summed E-state index contributed by atoms with van der Waals surface area (Å²) in [5.41, 5.74) is 0.586. The highest BCUT2D eigenvalue weighted by Gasteiger charge is 2.32. The molecule has 0 atom stereocenters. The van der Waals surface area contributed by atoms with Gasteiger partial charge in [0.1, 0.15) is 5.82 Å². The SMILES string of the molecule is Cc1ccc(NC(=O)CN2CCNC(=O)CC2(C)C)cc1F. The number of carbonyl (C=O) groups excluding carboxylic acids is 2. The van der Waals surface area contributed by atoms with Crippen molar-refractivity contribution >= 4 is 17.5 Å². The van der Waals surface area contributed by atoms with Crippen LogP contribution in [0.1, 0.15) is 25.8 Å². The Labute approximate surface area is 129 Å². The van der Waals surface area contributed by atoms with Crippen molar-refractivity contribution in [2.24, 2.45) is 0 Å². The van der Waals surface area contributed by atoms with E-state index in [4.69, 9.17) is 0 Å². The fourth-order valence-corrected chi connectivity index (χ4v) is 2.54. The first-order chi connectivity index (χ1) is 10.3. The molecule has 120 valence electrons. The fourth-order valence-electron chi connectivity index (χ4n) is 2.54. The molecule has 1 aliphatic rings. The third-order valence-electron chi connectivity index (χ3n) is 3.94. The predicted octanol–water partition coefficient (Wildman–Crippen LogP) is 1.67. The zero-order chi connectivity index (χ0) is 16.3. The topological polar surface area (TPSA) is 61.4 Å². The quantitative estimate of drug-likeness (QED) is 0.893. The van der Waals surface area contributed by atoms with E-state index in [0.717, 1.165) is 0 Å². The summed E-state index contributed by atoms with van der Waals surface area (Å²) in [6.45, 7) is 6.85. The van der Waals surface area contributed by atoms with Crippen LogP contribution in [-0.4, -0.2) is 41.9 Å². The number of hydrogen-bond acceptors (Lipinski definition) is 3. The molecule has 2 N–H and O–H groups in total. The van der Waals surface area contributed by atoms with Crippen LogP contribution in [-0.2, 0) is 9.59 Å². The van der Waals surface area contributed by atoms with Gasteiger partial charge in [0.15, 0.2) is 0 Å². The largest absolute Gasteiger partial charge is 0.355 e. The molecule has 2 amide bonds. The minimum atomic E-state index is -0.392. The minimum absolute atomic E-state index is 0.00601. The predicted molar refractivity (Wildman–Crippen MR) is 83.0 cm³/mol. The molecule has 0 aliphatic carbocycles. The maximum Gasteiger partial charge on any atom is 0.238 e. The smallest absolute Gasteiger partial charge is 0.238 e. The van der Waals surface area contributed by atoms with Gasteiger partial charge in [-0.3, -0.25) is 14.5 Å². The van der Waals surface area contributed by atoms with Crippen LogP contribution in [0.4, 0.5) is 10.1 Å². The van der Waals surface area contributed by atoms with E-state index in [1.807, 2.05) is 18.7 Å². The zero-order valence-electron chi connectivity index (χ0n) is 13.2. The molecule has 0 spiro atoms. The molecule has 1 fully saturated rings. The van der Waals surface area contributed by atoms with E-state index in [-0.39, 0.29) is 24.2 Å². The molecular weight excluding hydrogens is 285 g/mol. The lowest BCUT2D eigenvalue weighted by Crippen LogP contribution is -2.48. The van der Waals surface area contributed by atoms with Crippen LogP contribution < -0.4 is 10.6 Å². The van der Waals surface area contributed by atoms with Gasteiger partial charge < -0.3 is 10.6 Å². The monoisotopic (exact) mass is 307 g/mol. The maximum absolute atomic E-state index is 13.5. The van der Waals surface area contributed by atoms with E-state index < -0.39 is 5.54 Å². The maximum atomic E-state index is 13.5. The summed E-state index contributed by atoms with van der Waals surface area (Å²) in [6.07, 6.45) is 0.347.